The molecule has 1 heterocycles. The van der Waals surface area contributed by atoms with E-state index in [0.29, 0.717) is 15.1 Å². The highest BCUT2D eigenvalue weighted by molar-refractivity contribution is 14.1. The molecule has 86 valence electrons. The van der Waals surface area contributed by atoms with Crippen LogP contribution in [0.4, 0.5) is 4.39 Å². The third-order valence-corrected chi connectivity index (χ3v) is 3.73. The summed E-state index contributed by atoms with van der Waals surface area (Å²) in [6.45, 7) is 3.59. The largest absolute Gasteiger partial charge is 0.338 e. The van der Waals surface area contributed by atoms with Crippen LogP contribution in [0.25, 0.3) is 0 Å². The molecule has 1 aliphatic rings. The summed E-state index contributed by atoms with van der Waals surface area (Å²) in [6.07, 6.45) is 0. The second kappa shape index (κ2) is 4.49. The lowest BCUT2D eigenvalue weighted by Crippen LogP contribution is -2.48. The monoisotopic (exact) mass is 353 g/mol. The number of rotatable bonds is 1. The summed E-state index contributed by atoms with van der Waals surface area (Å²) in [7, 11) is 0. The minimum absolute atomic E-state index is 0.110. The summed E-state index contributed by atoms with van der Waals surface area (Å²) < 4.78 is 13.6. The van der Waals surface area contributed by atoms with E-state index in [1.807, 2.05) is 22.6 Å². The third-order valence-electron chi connectivity index (χ3n) is 2.59. The standard InChI is InChI=1S/C11H10ClFINO/c1-6-4-15(5-6)11(16)7-2-10(14)9(13)3-8(7)12/h2-3,6H,4-5H2,1H3. The van der Waals surface area contributed by atoms with Crippen LogP contribution in [0.5, 0.6) is 0 Å². The second-order valence-electron chi connectivity index (χ2n) is 4.06. The molecule has 2 nitrogen and oxygen atoms in total. The fraction of sp³-hybridized carbons (Fsp3) is 0.364. The Hall–Kier alpha value is -0.360. The van der Waals surface area contributed by atoms with E-state index in [2.05, 4.69) is 6.92 Å². The first-order valence-electron chi connectivity index (χ1n) is 4.93. The SMILES string of the molecule is CC1CN(C(=O)c2cc(I)c(F)cc2Cl)C1. The molecule has 0 aromatic heterocycles. The van der Waals surface area contributed by atoms with Gasteiger partial charge in [-0.05, 0) is 40.6 Å². The number of halogens is 3. The summed E-state index contributed by atoms with van der Waals surface area (Å²) in [5.41, 5.74) is 0.388. The van der Waals surface area contributed by atoms with Crippen molar-refractivity contribution in [2.24, 2.45) is 5.92 Å². The zero-order valence-electron chi connectivity index (χ0n) is 8.64. The highest BCUT2D eigenvalue weighted by Crippen LogP contribution is 2.26. The van der Waals surface area contributed by atoms with Crippen molar-refractivity contribution in [3.05, 3.63) is 32.1 Å². The lowest BCUT2D eigenvalue weighted by molar-refractivity contribution is 0.0530. The molecule has 1 fully saturated rings. The van der Waals surface area contributed by atoms with E-state index in [-0.39, 0.29) is 16.7 Å². The van der Waals surface area contributed by atoms with Crippen molar-refractivity contribution in [1.29, 1.82) is 0 Å². The van der Waals surface area contributed by atoms with Crippen molar-refractivity contribution in [3.8, 4) is 0 Å². The number of benzene rings is 1. The number of hydrogen-bond acceptors (Lipinski definition) is 1. The van der Waals surface area contributed by atoms with Gasteiger partial charge in [-0.3, -0.25) is 4.79 Å². The van der Waals surface area contributed by atoms with Gasteiger partial charge in [0.2, 0.25) is 0 Å². The summed E-state index contributed by atoms with van der Waals surface area (Å²) in [5.74, 6) is 0.0439. The maximum atomic E-state index is 13.2. The van der Waals surface area contributed by atoms with Gasteiger partial charge in [-0.15, -0.1) is 0 Å². The van der Waals surface area contributed by atoms with E-state index in [4.69, 9.17) is 11.6 Å². The summed E-state index contributed by atoms with van der Waals surface area (Å²) in [4.78, 5) is 13.7. The maximum Gasteiger partial charge on any atom is 0.255 e. The smallest absolute Gasteiger partial charge is 0.255 e. The van der Waals surface area contributed by atoms with Gasteiger partial charge in [-0.1, -0.05) is 18.5 Å². The predicted octanol–water partition coefficient (Wildman–Crippen LogP) is 3.18. The molecular weight excluding hydrogens is 343 g/mol. The summed E-state index contributed by atoms with van der Waals surface area (Å²) >= 11 is 7.72. The van der Waals surface area contributed by atoms with Gasteiger partial charge in [-0.25, -0.2) is 4.39 Å². The lowest BCUT2D eigenvalue weighted by Gasteiger charge is -2.37. The first-order chi connectivity index (χ1) is 7.49. The third kappa shape index (κ3) is 2.18. The fourth-order valence-electron chi connectivity index (χ4n) is 1.72. The van der Waals surface area contributed by atoms with Crippen LogP contribution in [0.1, 0.15) is 17.3 Å². The number of carbonyl (C=O) groups is 1. The molecule has 0 bridgehead atoms. The molecule has 1 aromatic carbocycles. The summed E-state index contributed by atoms with van der Waals surface area (Å²) in [5, 5.41) is 0.183. The van der Waals surface area contributed by atoms with E-state index < -0.39 is 0 Å². The van der Waals surface area contributed by atoms with Crippen molar-refractivity contribution in [2.45, 2.75) is 6.92 Å². The van der Waals surface area contributed by atoms with E-state index in [0.717, 1.165) is 13.1 Å². The molecule has 1 saturated heterocycles. The minimum atomic E-state index is -0.390. The van der Waals surface area contributed by atoms with Gasteiger partial charge in [0, 0.05) is 16.7 Å². The first-order valence-corrected chi connectivity index (χ1v) is 6.38. The van der Waals surface area contributed by atoms with Crippen LogP contribution in [0.2, 0.25) is 5.02 Å². The highest BCUT2D eigenvalue weighted by atomic mass is 127. The van der Waals surface area contributed by atoms with E-state index in [1.165, 1.54) is 12.1 Å². The zero-order valence-corrected chi connectivity index (χ0v) is 11.5. The molecule has 0 aliphatic carbocycles. The molecule has 0 atom stereocenters. The number of likely N-dealkylation sites (tertiary alicyclic amines) is 1. The van der Waals surface area contributed by atoms with Crippen LogP contribution in [-0.4, -0.2) is 23.9 Å². The van der Waals surface area contributed by atoms with Gasteiger partial charge in [0.25, 0.3) is 5.91 Å². The number of carbonyl (C=O) groups excluding carboxylic acids is 1. The number of nitrogens with zero attached hydrogens (tertiary/aromatic N) is 1. The maximum absolute atomic E-state index is 13.2. The zero-order chi connectivity index (χ0) is 11.9. The average molecular weight is 354 g/mol. The lowest BCUT2D eigenvalue weighted by atomic mass is 10.0. The van der Waals surface area contributed by atoms with E-state index in [1.54, 1.807) is 4.90 Å². The van der Waals surface area contributed by atoms with Crippen molar-refractivity contribution in [3.63, 3.8) is 0 Å². The highest BCUT2D eigenvalue weighted by Gasteiger charge is 2.29. The molecule has 0 N–H and O–H groups in total. The number of hydrogen-bond donors (Lipinski definition) is 0. The molecular formula is C11H10ClFINO. The Kier molecular flexibility index (Phi) is 3.39. The Morgan fingerprint density at radius 2 is 2.19 bits per heavy atom. The topological polar surface area (TPSA) is 20.3 Å². The van der Waals surface area contributed by atoms with E-state index >= 15 is 0 Å². The van der Waals surface area contributed by atoms with Gasteiger partial charge in [0.15, 0.2) is 0 Å². The molecule has 0 spiro atoms. The molecule has 1 aliphatic heterocycles. The normalized spacial score (nSPS) is 16.1. The fourth-order valence-corrected chi connectivity index (χ4v) is 2.42. The van der Waals surface area contributed by atoms with Crippen LogP contribution >= 0.6 is 34.2 Å². The van der Waals surface area contributed by atoms with Gasteiger partial charge >= 0.3 is 0 Å². The van der Waals surface area contributed by atoms with E-state index in [9.17, 15) is 9.18 Å². The van der Waals surface area contributed by atoms with Crippen molar-refractivity contribution in [1.82, 2.24) is 4.90 Å². The van der Waals surface area contributed by atoms with Crippen LogP contribution in [0.15, 0.2) is 12.1 Å². The van der Waals surface area contributed by atoms with Crippen LogP contribution in [0.3, 0.4) is 0 Å². The molecule has 0 saturated carbocycles. The van der Waals surface area contributed by atoms with Gasteiger partial charge in [-0.2, -0.15) is 0 Å². The molecule has 5 heteroatoms. The number of amides is 1. The Bertz CT molecular complexity index is 446. The molecule has 2 rings (SSSR count). The van der Waals surface area contributed by atoms with Crippen LogP contribution in [-0.2, 0) is 0 Å². The molecule has 0 unspecified atom stereocenters. The van der Waals surface area contributed by atoms with Crippen molar-refractivity contribution < 1.29 is 9.18 Å². The summed E-state index contributed by atoms with van der Waals surface area (Å²) in [6, 6.07) is 2.70. The molecule has 1 amide bonds. The Balaban J connectivity index is 2.27. The Labute approximate surface area is 112 Å². The van der Waals surface area contributed by atoms with Gasteiger partial charge in [0.1, 0.15) is 5.82 Å². The van der Waals surface area contributed by atoms with Crippen LogP contribution in [0, 0.1) is 15.3 Å². The van der Waals surface area contributed by atoms with Crippen LogP contribution < -0.4 is 0 Å². The van der Waals surface area contributed by atoms with Crippen molar-refractivity contribution >= 4 is 40.1 Å². The molecule has 0 radical (unpaired) electrons. The molecule has 16 heavy (non-hydrogen) atoms. The Morgan fingerprint density at radius 3 is 2.75 bits per heavy atom. The van der Waals surface area contributed by atoms with Crippen molar-refractivity contribution in [2.75, 3.05) is 13.1 Å². The quantitative estimate of drug-likeness (QED) is 0.561. The Morgan fingerprint density at radius 1 is 1.56 bits per heavy atom. The molecule has 1 aromatic rings. The van der Waals surface area contributed by atoms with Gasteiger partial charge < -0.3 is 4.90 Å². The second-order valence-corrected chi connectivity index (χ2v) is 5.63. The van der Waals surface area contributed by atoms with Gasteiger partial charge in [0.05, 0.1) is 10.6 Å². The first kappa shape index (κ1) is 12.1. The minimum Gasteiger partial charge on any atom is -0.338 e. The predicted molar refractivity (Wildman–Crippen MR) is 69.2 cm³/mol. The average Bonchev–Trinajstić information content (AvgIpc) is 2.18.